The second-order valence-corrected chi connectivity index (χ2v) is 8.24. The number of benzene rings is 3. The van der Waals surface area contributed by atoms with E-state index in [1.54, 1.807) is 48.5 Å². The van der Waals surface area contributed by atoms with Gasteiger partial charge in [-0.15, -0.1) is 0 Å². The highest BCUT2D eigenvalue weighted by molar-refractivity contribution is 7.61. The van der Waals surface area contributed by atoms with Gasteiger partial charge in [0.1, 0.15) is 11.4 Å². The van der Waals surface area contributed by atoms with Crippen molar-refractivity contribution in [3.63, 3.8) is 0 Å². The quantitative estimate of drug-likeness (QED) is 0.392. The average Bonchev–Trinajstić information content (AvgIpc) is 3.31. The van der Waals surface area contributed by atoms with Gasteiger partial charge in [-0.2, -0.15) is 5.10 Å². The van der Waals surface area contributed by atoms with Gasteiger partial charge < -0.3 is 14.4 Å². The molecule has 1 atom stereocenters. The van der Waals surface area contributed by atoms with Crippen LogP contribution < -0.4 is 9.83 Å². The molecule has 1 unspecified atom stereocenters. The Hall–Kier alpha value is -3.34. The summed E-state index contributed by atoms with van der Waals surface area (Å²) in [7, 11) is -3.98. The molecule has 0 amide bonds. The molecule has 0 aliphatic carbocycles. The molecule has 3 aromatic carbocycles. The summed E-state index contributed by atoms with van der Waals surface area (Å²) in [5, 5.41) is 9.55. The smallest absolute Gasteiger partial charge is 0.408 e. The van der Waals surface area contributed by atoms with Crippen molar-refractivity contribution in [3.8, 4) is 17.1 Å². The number of fused-ring (bicyclic) bond motifs is 2. The molecule has 2 aromatic heterocycles. The van der Waals surface area contributed by atoms with Gasteiger partial charge in [0, 0.05) is 16.3 Å². The molecule has 0 saturated heterocycles. The average molecular weight is 389 g/mol. The third kappa shape index (κ3) is 2.89. The van der Waals surface area contributed by atoms with Crippen LogP contribution in [0.15, 0.2) is 78.9 Å². The standard InChI is InChI=1S/C21H16N3O3P/c25-28(26,16-7-2-1-3-8-16)27-15-10-11-19-17(13-15)21(24-23-19)20-12-14-6-4-5-9-18(14)22-20/h1-13,22H,(H,23,24)(H,25,26). The zero-order valence-electron chi connectivity index (χ0n) is 14.7. The summed E-state index contributed by atoms with van der Waals surface area (Å²) >= 11 is 0. The van der Waals surface area contributed by atoms with Crippen molar-refractivity contribution in [2.24, 2.45) is 0 Å². The van der Waals surface area contributed by atoms with Gasteiger partial charge in [-0.25, -0.2) is 4.57 Å². The van der Waals surface area contributed by atoms with Crippen LogP contribution in [0, 0.1) is 0 Å². The third-order valence-electron chi connectivity index (χ3n) is 4.63. The summed E-state index contributed by atoms with van der Waals surface area (Å²) in [4.78, 5) is 13.7. The number of hydrogen-bond acceptors (Lipinski definition) is 3. The maximum atomic E-state index is 12.6. The predicted molar refractivity (Wildman–Crippen MR) is 110 cm³/mol. The number of H-pyrrole nitrogens is 2. The number of para-hydroxylation sites is 1. The van der Waals surface area contributed by atoms with Gasteiger partial charge in [0.15, 0.2) is 0 Å². The molecule has 3 N–H and O–H groups in total. The summed E-state index contributed by atoms with van der Waals surface area (Å²) < 4.78 is 18.1. The molecule has 0 fully saturated rings. The SMILES string of the molecule is O=P(O)(Oc1ccc2[nH]nc(-c3cc4ccccc4[nH]3)c2c1)c1ccccc1. The van der Waals surface area contributed by atoms with Crippen LogP contribution in [0.5, 0.6) is 5.75 Å². The Balaban J connectivity index is 1.56. The fraction of sp³-hybridized carbons (Fsp3) is 0. The van der Waals surface area contributed by atoms with Gasteiger partial charge in [0.05, 0.1) is 16.5 Å². The van der Waals surface area contributed by atoms with Gasteiger partial charge in [-0.1, -0.05) is 36.4 Å². The molecule has 0 saturated carbocycles. The monoisotopic (exact) mass is 389 g/mol. The predicted octanol–water partition coefficient (Wildman–Crippen LogP) is 4.60. The molecular formula is C21H16N3O3P. The van der Waals surface area contributed by atoms with E-state index in [1.165, 1.54) is 0 Å². The van der Waals surface area contributed by atoms with Crippen molar-refractivity contribution in [1.29, 1.82) is 0 Å². The highest BCUT2D eigenvalue weighted by atomic mass is 31.2. The first-order valence-corrected chi connectivity index (χ1v) is 10.3. The number of nitrogens with one attached hydrogen (secondary N) is 2. The van der Waals surface area contributed by atoms with Crippen LogP contribution >= 0.6 is 7.60 Å². The molecule has 0 bridgehead atoms. The molecule has 5 rings (SSSR count). The topological polar surface area (TPSA) is 91.0 Å². The number of nitrogens with zero attached hydrogens (tertiary/aromatic N) is 1. The van der Waals surface area contributed by atoms with Crippen molar-refractivity contribution in [1.82, 2.24) is 15.2 Å². The van der Waals surface area contributed by atoms with E-state index in [2.05, 4.69) is 15.2 Å². The van der Waals surface area contributed by atoms with Gasteiger partial charge >= 0.3 is 7.60 Å². The molecule has 0 spiro atoms. The minimum Gasteiger partial charge on any atom is -0.421 e. The van der Waals surface area contributed by atoms with Gasteiger partial charge in [0.2, 0.25) is 0 Å². The Kier molecular flexibility index (Phi) is 3.83. The maximum Gasteiger partial charge on any atom is 0.408 e. The van der Waals surface area contributed by atoms with E-state index < -0.39 is 7.60 Å². The number of hydrogen-bond donors (Lipinski definition) is 3. The van der Waals surface area contributed by atoms with Gasteiger partial charge in [-0.05, 0) is 42.5 Å². The molecular weight excluding hydrogens is 373 g/mol. The molecule has 2 heterocycles. The Labute approximate surface area is 160 Å². The van der Waals surface area contributed by atoms with Crippen molar-refractivity contribution in [2.75, 3.05) is 0 Å². The van der Waals surface area contributed by atoms with Crippen molar-refractivity contribution in [3.05, 3.63) is 78.9 Å². The van der Waals surface area contributed by atoms with E-state index in [1.807, 2.05) is 30.3 Å². The van der Waals surface area contributed by atoms with Crippen LogP contribution in [0.4, 0.5) is 0 Å². The zero-order chi connectivity index (χ0) is 19.1. The lowest BCUT2D eigenvalue weighted by Gasteiger charge is -2.13. The fourth-order valence-electron chi connectivity index (χ4n) is 3.27. The van der Waals surface area contributed by atoms with Crippen LogP contribution in [0.2, 0.25) is 0 Å². The molecule has 0 radical (unpaired) electrons. The number of rotatable bonds is 4. The Morgan fingerprint density at radius 2 is 1.68 bits per heavy atom. The Morgan fingerprint density at radius 1 is 0.893 bits per heavy atom. The summed E-state index contributed by atoms with van der Waals surface area (Å²) in [6.07, 6.45) is 0. The van der Waals surface area contributed by atoms with E-state index in [0.717, 1.165) is 33.2 Å². The number of aromatic amines is 2. The number of aromatic nitrogens is 3. The molecule has 0 aliphatic rings. The first-order valence-electron chi connectivity index (χ1n) is 8.74. The van der Waals surface area contributed by atoms with Gasteiger partial charge in [-0.3, -0.25) is 5.10 Å². The lowest BCUT2D eigenvalue weighted by molar-refractivity contribution is 0.393. The van der Waals surface area contributed by atoms with E-state index in [0.29, 0.717) is 5.75 Å². The van der Waals surface area contributed by atoms with E-state index >= 15 is 0 Å². The molecule has 5 aromatic rings. The highest BCUT2D eigenvalue weighted by Crippen LogP contribution is 2.42. The Morgan fingerprint density at radius 3 is 2.50 bits per heavy atom. The van der Waals surface area contributed by atoms with Gasteiger partial charge in [0.25, 0.3) is 0 Å². The fourth-order valence-corrected chi connectivity index (χ4v) is 4.32. The summed E-state index contributed by atoms with van der Waals surface area (Å²) in [5.41, 5.74) is 3.42. The third-order valence-corrected chi connectivity index (χ3v) is 6.04. The largest absolute Gasteiger partial charge is 0.421 e. The van der Waals surface area contributed by atoms with Crippen LogP contribution in [0.25, 0.3) is 33.2 Å². The lowest BCUT2D eigenvalue weighted by atomic mass is 10.1. The Bertz CT molecular complexity index is 1310. The van der Waals surface area contributed by atoms with Crippen LogP contribution in [-0.4, -0.2) is 20.1 Å². The zero-order valence-corrected chi connectivity index (χ0v) is 15.6. The minimum atomic E-state index is -3.98. The summed E-state index contributed by atoms with van der Waals surface area (Å²) in [5.74, 6) is 0.306. The normalized spacial score (nSPS) is 13.6. The minimum absolute atomic E-state index is 0.248. The van der Waals surface area contributed by atoms with E-state index in [-0.39, 0.29) is 5.30 Å². The van der Waals surface area contributed by atoms with Crippen molar-refractivity contribution < 1.29 is 14.0 Å². The molecule has 138 valence electrons. The van der Waals surface area contributed by atoms with Crippen LogP contribution in [0.1, 0.15) is 0 Å². The summed E-state index contributed by atoms with van der Waals surface area (Å²) in [6.45, 7) is 0. The van der Waals surface area contributed by atoms with E-state index in [9.17, 15) is 9.46 Å². The van der Waals surface area contributed by atoms with Crippen molar-refractivity contribution in [2.45, 2.75) is 0 Å². The van der Waals surface area contributed by atoms with Crippen molar-refractivity contribution >= 4 is 34.7 Å². The summed E-state index contributed by atoms with van der Waals surface area (Å²) in [6, 6.07) is 23.5. The van der Waals surface area contributed by atoms with Crippen LogP contribution in [0.3, 0.4) is 0 Å². The first kappa shape index (κ1) is 16.8. The molecule has 6 nitrogen and oxygen atoms in total. The second-order valence-electron chi connectivity index (χ2n) is 6.50. The highest BCUT2D eigenvalue weighted by Gasteiger charge is 2.24. The molecule has 0 aliphatic heterocycles. The first-order chi connectivity index (χ1) is 13.6. The molecule has 28 heavy (non-hydrogen) atoms. The maximum absolute atomic E-state index is 12.6. The molecule has 7 heteroatoms. The van der Waals surface area contributed by atoms with E-state index in [4.69, 9.17) is 4.52 Å². The lowest BCUT2D eigenvalue weighted by Crippen LogP contribution is -2.08. The second kappa shape index (κ2) is 6.37. The van der Waals surface area contributed by atoms with Crippen LogP contribution in [-0.2, 0) is 4.57 Å².